The van der Waals surface area contributed by atoms with E-state index in [9.17, 15) is 17.2 Å². The van der Waals surface area contributed by atoms with Crippen molar-refractivity contribution < 1.29 is 17.2 Å². The van der Waals surface area contributed by atoms with Crippen molar-refractivity contribution in [2.75, 3.05) is 18.9 Å². The minimum Gasteiger partial charge on any atom is -0.383 e. The smallest absolute Gasteiger partial charge is 0.246 e. The number of hydrogen-bond acceptors (Lipinski definition) is 3. The van der Waals surface area contributed by atoms with Crippen LogP contribution in [0.2, 0.25) is 0 Å². The Morgan fingerprint density at radius 3 is 2.44 bits per heavy atom. The predicted octanol–water partition coefficient (Wildman–Crippen LogP) is 5.02. The first-order valence-electron chi connectivity index (χ1n) is 8.68. The molecule has 1 N–H and O–H groups in total. The number of unbranched alkanes of at least 4 members (excludes halogenated alkanes) is 1. The Hall–Kier alpha value is -1.51. The molecule has 0 heterocycles. The lowest BCUT2D eigenvalue weighted by molar-refractivity contribution is 0.352. The van der Waals surface area contributed by atoms with Gasteiger partial charge in [0.05, 0.1) is 4.47 Å². The van der Waals surface area contributed by atoms with Crippen LogP contribution in [0.25, 0.3) is 0 Å². The maximum Gasteiger partial charge on any atom is 0.246 e. The van der Waals surface area contributed by atoms with Crippen LogP contribution in [0.3, 0.4) is 0 Å². The highest BCUT2D eigenvalue weighted by atomic mass is 79.9. The first kappa shape index (κ1) is 21.8. The molecule has 4 nitrogen and oxygen atoms in total. The van der Waals surface area contributed by atoms with Gasteiger partial charge in [-0.15, -0.1) is 0 Å². The fourth-order valence-corrected chi connectivity index (χ4v) is 4.65. The molecule has 0 radical (unpaired) electrons. The molecule has 0 aliphatic rings. The number of hydrogen-bond donors (Lipinski definition) is 1. The predicted molar refractivity (Wildman–Crippen MR) is 107 cm³/mol. The van der Waals surface area contributed by atoms with E-state index in [1.54, 1.807) is 0 Å². The van der Waals surface area contributed by atoms with E-state index in [0.29, 0.717) is 19.0 Å². The van der Waals surface area contributed by atoms with Gasteiger partial charge in [-0.1, -0.05) is 38.0 Å². The molecule has 2 aromatic carbocycles. The summed E-state index contributed by atoms with van der Waals surface area (Å²) >= 11 is 2.93. The third kappa shape index (κ3) is 5.49. The molecule has 0 aliphatic heterocycles. The monoisotopic (exact) mass is 460 g/mol. The Morgan fingerprint density at radius 2 is 1.81 bits per heavy atom. The van der Waals surface area contributed by atoms with E-state index in [-0.39, 0.29) is 10.5 Å². The molecule has 27 heavy (non-hydrogen) atoms. The molecule has 0 saturated carbocycles. The molecular formula is C19H23BrF2N2O2S. The first-order chi connectivity index (χ1) is 12.8. The number of sulfonamides is 1. The van der Waals surface area contributed by atoms with Gasteiger partial charge in [0.15, 0.2) is 0 Å². The maximum absolute atomic E-state index is 14.2. The van der Waals surface area contributed by atoms with Crippen LogP contribution < -0.4 is 5.32 Å². The van der Waals surface area contributed by atoms with Crippen molar-refractivity contribution in [3.8, 4) is 0 Å². The summed E-state index contributed by atoms with van der Waals surface area (Å²) in [7, 11) is -2.69. The Kier molecular flexibility index (Phi) is 7.76. The molecule has 0 aromatic heterocycles. The summed E-state index contributed by atoms with van der Waals surface area (Å²) in [4.78, 5) is -0.542. The number of para-hydroxylation sites is 1. The Balaban J connectivity index is 2.27. The van der Waals surface area contributed by atoms with E-state index in [4.69, 9.17) is 0 Å². The van der Waals surface area contributed by atoms with Gasteiger partial charge < -0.3 is 5.32 Å². The molecule has 0 amide bonds. The van der Waals surface area contributed by atoms with Gasteiger partial charge in [-0.05, 0) is 40.5 Å². The largest absolute Gasteiger partial charge is 0.383 e. The number of rotatable bonds is 9. The molecule has 0 bridgehead atoms. The number of likely N-dealkylation sites (N-methyl/N-ethyl adjacent to an activating group) is 1. The van der Waals surface area contributed by atoms with E-state index < -0.39 is 26.6 Å². The van der Waals surface area contributed by atoms with Crippen molar-refractivity contribution in [1.29, 1.82) is 0 Å². The number of benzene rings is 2. The minimum atomic E-state index is -4.12. The van der Waals surface area contributed by atoms with Crippen LogP contribution in [-0.2, 0) is 10.0 Å². The highest BCUT2D eigenvalue weighted by Crippen LogP contribution is 2.27. The van der Waals surface area contributed by atoms with Crippen molar-refractivity contribution >= 4 is 31.6 Å². The summed E-state index contributed by atoms with van der Waals surface area (Å²) in [5.74, 6) is -1.95. The Morgan fingerprint density at radius 1 is 1.15 bits per heavy atom. The second kappa shape index (κ2) is 9.61. The standard InChI is InChI=1S/C19H23BrF2N2O2S/c1-3-4-10-15(13-23-14-8-6-5-7-9-14)24(2)27(25,26)19-11-16(20)17(21)12-18(19)22/h5-9,11-12,15,23H,3-4,10,13H2,1-2H3. The van der Waals surface area contributed by atoms with Gasteiger partial charge in [0.2, 0.25) is 10.0 Å². The highest BCUT2D eigenvalue weighted by Gasteiger charge is 2.31. The third-order valence-corrected chi connectivity index (χ3v) is 6.89. The van der Waals surface area contributed by atoms with E-state index in [1.807, 2.05) is 37.3 Å². The lowest BCUT2D eigenvalue weighted by Crippen LogP contribution is -2.41. The lowest BCUT2D eigenvalue weighted by Gasteiger charge is -2.28. The molecule has 2 aromatic rings. The molecule has 0 saturated heterocycles. The zero-order valence-electron chi connectivity index (χ0n) is 15.3. The van der Waals surface area contributed by atoms with Gasteiger partial charge in [0.25, 0.3) is 0 Å². The summed E-state index contributed by atoms with van der Waals surface area (Å²) in [5.41, 5.74) is 0.875. The van der Waals surface area contributed by atoms with Crippen LogP contribution in [0.4, 0.5) is 14.5 Å². The second-order valence-corrected chi connectivity index (χ2v) is 9.08. The fourth-order valence-electron chi connectivity index (χ4n) is 2.70. The molecule has 148 valence electrons. The quantitative estimate of drug-likeness (QED) is 0.534. The molecule has 1 atom stereocenters. The van der Waals surface area contributed by atoms with Crippen molar-refractivity contribution in [2.24, 2.45) is 0 Å². The van der Waals surface area contributed by atoms with Crippen LogP contribution in [0.1, 0.15) is 26.2 Å². The molecule has 8 heteroatoms. The Bertz CT molecular complexity index is 864. The zero-order chi connectivity index (χ0) is 20.0. The number of nitrogens with zero attached hydrogens (tertiary/aromatic N) is 1. The van der Waals surface area contributed by atoms with Gasteiger partial charge in [-0.3, -0.25) is 0 Å². The lowest BCUT2D eigenvalue weighted by atomic mass is 10.1. The number of anilines is 1. The van der Waals surface area contributed by atoms with E-state index >= 15 is 0 Å². The van der Waals surface area contributed by atoms with Crippen LogP contribution in [-0.4, -0.2) is 32.4 Å². The average molecular weight is 461 g/mol. The van der Waals surface area contributed by atoms with Crippen molar-refractivity contribution in [3.05, 3.63) is 58.6 Å². The summed E-state index contributed by atoms with van der Waals surface area (Å²) in [6, 6.07) is 10.6. The van der Waals surface area contributed by atoms with E-state index in [0.717, 1.165) is 24.6 Å². The van der Waals surface area contributed by atoms with Gasteiger partial charge in [-0.25, -0.2) is 17.2 Å². The van der Waals surface area contributed by atoms with Gasteiger partial charge in [0, 0.05) is 31.4 Å². The summed E-state index contributed by atoms with van der Waals surface area (Å²) in [5, 5.41) is 3.22. The molecule has 0 spiro atoms. The topological polar surface area (TPSA) is 49.4 Å². The van der Waals surface area contributed by atoms with Crippen molar-refractivity contribution in [1.82, 2.24) is 4.31 Å². The third-order valence-electron chi connectivity index (χ3n) is 4.35. The molecule has 0 fully saturated rings. The number of halogens is 3. The van der Waals surface area contributed by atoms with Crippen molar-refractivity contribution in [2.45, 2.75) is 37.1 Å². The Labute approximate surface area is 167 Å². The molecule has 1 unspecified atom stereocenters. The van der Waals surface area contributed by atoms with Crippen LogP contribution in [0.5, 0.6) is 0 Å². The summed E-state index contributed by atoms with van der Waals surface area (Å²) in [6.45, 7) is 2.40. The van der Waals surface area contributed by atoms with E-state index in [2.05, 4.69) is 21.2 Å². The SMILES string of the molecule is CCCCC(CNc1ccccc1)N(C)S(=O)(=O)c1cc(Br)c(F)cc1F. The first-order valence-corrected chi connectivity index (χ1v) is 10.9. The van der Waals surface area contributed by atoms with Gasteiger partial charge in [0.1, 0.15) is 16.5 Å². The zero-order valence-corrected chi connectivity index (χ0v) is 17.7. The molecular weight excluding hydrogens is 438 g/mol. The summed E-state index contributed by atoms with van der Waals surface area (Å²) in [6.07, 6.45) is 2.36. The maximum atomic E-state index is 14.2. The minimum absolute atomic E-state index is 0.0941. The van der Waals surface area contributed by atoms with Crippen molar-refractivity contribution in [3.63, 3.8) is 0 Å². The number of nitrogens with one attached hydrogen (secondary N) is 1. The molecule has 0 aliphatic carbocycles. The highest BCUT2D eigenvalue weighted by molar-refractivity contribution is 9.10. The normalized spacial score (nSPS) is 13.0. The van der Waals surface area contributed by atoms with Crippen LogP contribution in [0.15, 0.2) is 51.8 Å². The average Bonchev–Trinajstić information content (AvgIpc) is 2.65. The van der Waals surface area contributed by atoms with E-state index in [1.165, 1.54) is 11.4 Å². The van der Waals surface area contributed by atoms with Crippen LogP contribution >= 0.6 is 15.9 Å². The summed E-state index contributed by atoms with van der Waals surface area (Å²) < 4.78 is 54.6. The molecule has 2 rings (SSSR count). The van der Waals surface area contributed by atoms with Crippen LogP contribution in [0, 0.1) is 11.6 Å². The second-order valence-electron chi connectivity index (χ2n) is 6.26. The van der Waals surface area contributed by atoms with Gasteiger partial charge in [-0.2, -0.15) is 4.31 Å². The van der Waals surface area contributed by atoms with Gasteiger partial charge >= 0.3 is 0 Å². The fraction of sp³-hybridized carbons (Fsp3) is 0.368.